The van der Waals surface area contributed by atoms with Crippen LogP contribution >= 0.6 is 0 Å². The number of hydrogen-bond acceptors (Lipinski definition) is 4. The lowest BCUT2D eigenvalue weighted by atomic mass is 9.98. The van der Waals surface area contributed by atoms with E-state index < -0.39 is 10.7 Å². The number of rotatable bonds is 5. The number of nitro benzene ring substituents is 1. The van der Waals surface area contributed by atoms with Crippen molar-refractivity contribution in [1.29, 1.82) is 0 Å². The Morgan fingerprint density at radius 3 is 2.86 bits per heavy atom. The Bertz CT molecular complexity index is 516. The largest absolute Gasteiger partial charge is 0.366 e. The molecule has 6 heteroatoms. The van der Waals surface area contributed by atoms with Gasteiger partial charge in [-0.25, -0.2) is 4.39 Å². The van der Waals surface area contributed by atoms with E-state index in [0.29, 0.717) is 23.7 Å². The van der Waals surface area contributed by atoms with Gasteiger partial charge < -0.3 is 10.2 Å². The third-order valence-corrected chi connectivity index (χ3v) is 4.05. The molecule has 1 aromatic rings. The molecule has 0 aliphatic carbocycles. The zero-order valence-electron chi connectivity index (χ0n) is 12.6. The van der Waals surface area contributed by atoms with E-state index in [-0.39, 0.29) is 5.69 Å². The van der Waals surface area contributed by atoms with Crippen molar-refractivity contribution >= 4 is 11.4 Å². The average Bonchev–Trinajstić information content (AvgIpc) is 2.48. The lowest BCUT2D eigenvalue weighted by Gasteiger charge is -2.30. The third-order valence-electron chi connectivity index (χ3n) is 4.05. The van der Waals surface area contributed by atoms with Gasteiger partial charge in [0.2, 0.25) is 0 Å². The number of aryl methyl sites for hydroxylation is 1. The van der Waals surface area contributed by atoms with Gasteiger partial charge in [0.25, 0.3) is 5.69 Å². The molecule has 1 aliphatic heterocycles. The van der Waals surface area contributed by atoms with Crippen molar-refractivity contribution in [3.05, 3.63) is 33.6 Å². The number of piperidine rings is 1. The maximum Gasteiger partial charge on any atom is 0.295 e. The molecule has 0 amide bonds. The zero-order chi connectivity index (χ0) is 15.4. The van der Waals surface area contributed by atoms with Crippen molar-refractivity contribution in [3.8, 4) is 0 Å². The predicted molar refractivity (Wildman–Crippen MR) is 81.3 cm³/mol. The average molecular weight is 295 g/mol. The summed E-state index contributed by atoms with van der Waals surface area (Å²) >= 11 is 0. The van der Waals surface area contributed by atoms with Crippen LogP contribution in [-0.2, 0) is 0 Å². The highest BCUT2D eigenvalue weighted by molar-refractivity contribution is 5.64. The smallest absolute Gasteiger partial charge is 0.295 e. The number of nitrogens with one attached hydrogen (secondary N) is 1. The molecule has 0 aromatic heterocycles. The molecule has 21 heavy (non-hydrogen) atoms. The molecule has 1 aromatic carbocycles. The van der Waals surface area contributed by atoms with Gasteiger partial charge in [-0.15, -0.1) is 0 Å². The van der Waals surface area contributed by atoms with E-state index in [1.54, 1.807) is 13.0 Å². The first-order valence-corrected chi connectivity index (χ1v) is 7.43. The molecule has 0 radical (unpaired) electrons. The van der Waals surface area contributed by atoms with Crippen molar-refractivity contribution < 1.29 is 9.31 Å². The molecular formula is C15H22FN3O2. The molecule has 1 N–H and O–H groups in total. The molecule has 1 fully saturated rings. The van der Waals surface area contributed by atoms with Gasteiger partial charge in [0.15, 0.2) is 0 Å². The van der Waals surface area contributed by atoms with Gasteiger partial charge in [0.05, 0.1) is 11.0 Å². The van der Waals surface area contributed by atoms with Crippen molar-refractivity contribution in [2.24, 2.45) is 5.92 Å². The molecule has 0 bridgehead atoms. The first kappa shape index (κ1) is 15.7. The molecule has 1 heterocycles. The number of anilines is 1. The van der Waals surface area contributed by atoms with Gasteiger partial charge in [0.1, 0.15) is 11.5 Å². The van der Waals surface area contributed by atoms with E-state index in [9.17, 15) is 14.5 Å². The van der Waals surface area contributed by atoms with E-state index in [0.717, 1.165) is 38.5 Å². The van der Waals surface area contributed by atoms with Crippen LogP contribution in [-0.4, -0.2) is 31.1 Å². The fourth-order valence-electron chi connectivity index (χ4n) is 2.84. The van der Waals surface area contributed by atoms with E-state index in [1.165, 1.54) is 0 Å². The molecule has 0 spiro atoms. The number of hydrogen-bond donors (Lipinski definition) is 1. The van der Waals surface area contributed by atoms with Crippen LogP contribution in [0.15, 0.2) is 12.1 Å². The highest BCUT2D eigenvalue weighted by Crippen LogP contribution is 2.31. The summed E-state index contributed by atoms with van der Waals surface area (Å²) in [7, 11) is 0. The summed E-state index contributed by atoms with van der Waals surface area (Å²) in [6.07, 6.45) is 2.25. The Hall–Kier alpha value is -1.69. The van der Waals surface area contributed by atoms with E-state index in [1.807, 2.05) is 11.8 Å². The normalized spacial score (nSPS) is 18.5. The minimum atomic E-state index is -0.527. The van der Waals surface area contributed by atoms with Gasteiger partial charge >= 0.3 is 0 Å². The summed E-state index contributed by atoms with van der Waals surface area (Å²) in [5.41, 5.74) is 0.812. The predicted octanol–water partition coefficient (Wildman–Crippen LogP) is 2.87. The quantitative estimate of drug-likeness (QED) is 0.670. The first-order chi connectivity index (χ1) is 10.0. The van der Waals surface area contributed by atoms with Crippen molar-refractivity contribution in [2.45, 2.75) is 26.7 Å². The highest BCUT2D eigenvalue weighted by Gasteiger charge is 2.24. The molecule has 1 saturated heterocycles. The second kappa shape index (κ2) is 6.85. The Kier molecular flexibility index (Phi) is 5.12. The molecule has 5 nitrogen and oxygen atoms in total. The molecule has 0 saturated carbocycles. The van der Waals surface area contributed by atoms with Gasteiger partial charge in [0, 0.05) is 13.1 Å². The van der Waals surface area contributed by atoms with Crippen LogP contribution in [0.3, 0.4) is 0 Å². The number of halogens is 1. The number of nitrogens with zero attached hydrogens (tertiary/aromatic N) is 2. The highest BCUT2D eigenvalue weighted by atomic mass is 19.1. The number of nitro groups is 1. The molecule has 2 rings (SSSR count). The summed E-state index contributed by atoms with van der Waals surface area (Å²) in [6.45, 7) is 7.01. The van der Waals surface area contributed by atoms with E-state index in [4.69, 9.17) is 0 Å². The lowest BCUT2D eigenvalue weighted by molar-refractivity contribution is -0.384. The third kappa shape index (κ3) is 3.69. The summed E-state index contributed by atoms with van der Waals surface area (Å²) in [6, 6.07) is 2.62. The van der Waals surface area contributed by atoms with Crippen LogP contribution in [0, 0.1) is 28.8 Å². The van der Waals surface area contributed by atoms with Crippen molar-refractivity contribution in [1.82, 2.24) is 5.32 Å². The zero-order valence-corrected chi connectivity index (χ0v) is 12.6. The Morgan fingerprint density at radius 2 is 2.29 bits per heavy atom. The maximum absolute atomic E-state index is 13.6. The standard InChI is InChI=1S/C15H22FN3O2/c1-3-18(10-12-5-4-6-17-9-12)14-7-11(2)13(16)8-15(14)19(20)21/h7-8,12,17H,3-6,9-10H2,1-2H3. The van der Waals surface area contributed by atoms with Crippen LogP contribution in [0.1, 0.15) is 25.3 Å². The molecule has 116 valence electrons. The van der Waals surface area contributed by atoms with E-state index in [2.05, 4.69) is 5.32 Å². The minimum Gasteiger partial charge on any atom is -0.366 e. The molecule has 1 atom stereocenters. The topological polar surface area (TPSA) is 58.4 Å². The van der Waals surface area contributed by atoms with Crippen LogP contribution < -0.4 is 10.2 Å². The van der Waals surface area contributed by atoms with E-state index >= 15 is 0 Å². The van der Waals surface area contributed by atoms with Crippen LogP contribution in [0.4, 0.5) is 15.8 Å². The molecule has 1 unspecified atom stereocenters. The SMILES string of the molecule is CCN(CC1CCCNC1)c1cc(C)c(F)cc1[N+](=O)[O-]. The fraction of sp³-hybridized carbons (Fsp3) is 0.600. The summed E-state index contributed by atoms with van der Waals surface area (Å²) < 4.78 is 13.6. The fourth-order valence-corrected chi connectivity index (χ4v) is 2.84. The van der Waals surface area contributed by atoms with Crippen molar-refractivity contribution in [3.63, 3.8) is 0 Å². The second-order valence-electron chi connectivity index (χ2n) is 5.60. The van der Waals surface area contributed by atoms with Gasteiger partial charge in [-0.3, -0.25) is 10.1 Å². The van der Waals surface area contributed by atoms with Crippen LogP contribution in [0.5, 0.6) is 0 Å². The van der Waals surface area contributed by atoms with Crippen molar-refractivity contribution in [2.75, 3.05) is 31.1 Å². The molecular weight excluding hydrogens is 273 g/mol. The minimum absolute atomic E-state index is 0.149. The Balaban J connectivity index is 2.27. The van der Waals surface area contributed by atoms with Gasteiger partial charge in [-0.05, 0) is 57.3 Å². The first-order valence-electron chi connectivity index (χ1n) is 7.43. The monoisotopic (exact) mass is 295 g/mol. The van der Waals surface area contributed by atoms with Crippen LogP contribution in [0.25, 0.3) is 0 Å². The lowest BCUT2D eigenvalue weighted by Crippen LogP contribution is -2.38. The Labute approximate surface area is 124 Å². The summed E-state index contributed by atoms with van der Waals surface area (Å²) in [5, 5.41) is 14.6. The number of benzene rings is 1. The summed E-state index contributed by atoms with van der Waals surface area (Å²) in [4.78, 5) is 12.7. The molecule has 1 aliphatic rings. The van der Waals surface area contributed by atoms with Crippen LogP contribution in [0.2, 0.25) is 0 Å². The second-order valence-corrected chi connectivity index (χ2v) is 5.60. The maximum atomic E-state index is 13.6. The van der Waals surface area contributed by atoms with Gasteiger partial charge in [-0.1, -0.05) is 0 Å². The Morgan fingerprint density at radius 1 is 1.52 bits per heavy atom. The summed E-state index contributed by atoms with van der Waals surface area (Å²) in [5.74, 6) is -0.0514. The van der Waals surface area contributed by atoms with Gasteiger partial charge in [-0.2, -0.15) is 0 Å².